The second kappa shape index (κ2) is 4.28. The molecular formula is C9H15F3N2O. The summed E-state index contributed by atoms with van der Waals surface area (Å²) in [5.41, 5.74) is -0.338. The van der Waals surface area contributed by atoms with E-state index in [1.54, 1.807) is 5.32 Å². The molecule has 0 saturated heterocycles. The summed E-state index contributed by atoms with van der Waals surface area (Å²) in [5.74, 6) is 0. The number of nitrogens with one attached hydrogen (secondary N) is 2. The molecule has 0 spiro atoms. The average Bonchev–Trinajstić information content (AvgIpc) is 2.47. The van der Waals surface area contributed by atoms with Crippen LogP contribution in [0.15, 0.2) is 0 Å². The van der Waals surface area contributed by atoms with E-state index in [1.807, 2.05) is 6.92 Å². The van der Waals surface area contributed by atoms with E-state index in [0.29, 0.717) is 0 Å². The van der Waals surface area contributed by atoms with Crippen molar-refractivity contribution in [3.63, 3.8) is 0 Å². The first-order valence-electron chi connectivity index (χ1n) is 4.94. The SMILES string of the molecule is CC1(NC(=O)NCC(F)(F)F)CCCC1. The molecule has 0 heterocycles. The summed E-state index contributed by atoms with van der Waals surface area (Å²) in [4.78, 5) is 11.1. The summed E-state index contributed by atoms with van der Waals surface area (Å²) >= 11 is 0. The Labute approximate surface area is 86.4 Å². The van der Waals surface area contributed by atoms with Gasteiger partial charge in [0, 0.05) is 5.54 Å². The van der Waals surface area contributed by atoms with Crippen LogP contribution in [0.25, 0.3) is 0 Å². The second-order valence-corrected chi connectivity index (χ2v) is 4.19. The standard InChI is InChI=1S/C9H15F3N2O/c1-8(4-2-3-5-8)14-7(15)13-6-9(10,11)12/h2-6H2,1H3,(H2,13,14,15). The average molecular weight is 224 g/mol. The molecular weight excluding hydrogens is 209 g/mol. The lowest BCUT2D eigenvalue weighted by Gasteiger charge is -2.25. The van der Waals surface area contributed by atoms with Gasteiger partial charge in [-0.05, 0) is 19.8 Å². The van der Waals surface area contributed by atoms with Gasteiger partial charge >= 0.3 is 12.2 Å². The maximum Gasteiger partial charge on any atom is 0.405 e. The van der Waals surface area contributed by atoms with Crippen LogP contribution in [0, 0.1) is 0 Å². The minimum atomic E-state index is -4.35. The highest BCUT2D eigenvalue weighted by Gasteiger charge is 2.32. The maximum atomic E-state index is 11.8. The topological polar surface area (TPSA) is 41.1 Å². The van der Waals surface area contributed by atoms with E-state index in [-0.39, 0.29) is 5.54 Å². The molecule has 3 nitrogen and oxygen atoms in total. The van der Waals surface area contributed by atoms with Crippen LogP contribution in [-0.4, -0.2) is 24.3 Å². The molecule has 1 aliphatic carbocycles. The molecule has 6 heteroatoms. The number of halogens is 3. The van der Waals surface area contributed by atoms with Crippen LogP contribution in [0.4, 0.5) is 18.0 Å². The van der Waals surface area contributed by atoms with E-state index in [0.717, 1.165) is 25.7 Å². The molecule has 1 aliphatic rings. The lowest BCUT2D eigenvalue weighted by Crippen LogP contribution is -2.50. The molecule has 2 N–H and O–H groups in total. The molecule has 0 atom stereocenters. The van der Waals surface area contributed by atoms with Gasteiger partial charge in [0.05, 0.1) is 0 Å². The number of carbonyl (C=O) groups excluding carboxylic acids is 1. The molecule has 88 valence electrons. The molecule has 1 fully saturated rings. The predicted octanol–water partition coefficient (Wildman–Crippen LogP) is 2.18. The van der Waals surface area contributed by atoms with Crippen molar-refractivity contribution in [1.29, 1.82) is 0 Å². The predicted molar refractivity (Wildman–Crippen MR) is 49.5 cm³/mol. The second-order valence-electron chi connectivity index (χ2n) is 4.19. The molecule has 15 heavy (non-hydrogen) atoms. The van der Waals surface area contributed by atoms with Gasteiger partial charge in [0.25, 0.3) is 0 Å². The van der Waals surface area contributed by atoms with Crippen LogP contribution in [0.1, 0.15) is 32.6 Å². The van der Waals surface area contributed by atoms with Crippen molar-refractivity contribution >= 4 is 6.03 Å². The Hall–Kier alpha value is -0.940. The summed E-state index contributed by atoms with van der Waals surface area (Å²) < 4.78 is 35.3. The zero-order valence-corrected chi connectivity index (χ0v) is 8.58. The Morgan fingerprint density at radius 1 is 1.33 bits per heavy atom. The Morgan fingerprint density at radius 3 is 2.33 bits per heavy atom. The van der Waals surface area contributed by atoms with Crippen molar-refractivity contribution in [2.24, 2.45) is 0 Å². The highest BCUT2D eigenvalue weighted by Crippen LogP contribution is 2.28. The van der Waals surface area contributed by atoms with Crippen molar-refractivity contribution in [1.82, 2.24) is 10.6 Å². The number of urea groups is 1. The van der Waals surface area contributed by atoms with Crippen LogP contribution >= 0.6 is 0 Å². The van der Waals surface area contributed by atoms with Crippen molar-refractivity contribution in [2.45, 2.75) is 44.3 Å². The van der Waals surface area contributed by atoms with Gasteiger partial charge in [-0.3, -0.25) is 0 Å². The fourth-order valence-electron chi connectivity index (χ4n) is 1.78. The smallest absolute Gasteiger partial charge is 0.333 e. The molecule has 0 unspecified atom stereocenters. The van der Waals surface area contributed by atoms with Gasteiger partial charge < -0.3 is 10.6 Å². The van der Waals surface area contributed by atoms with E-state index in [2.05, 4.69) is 5.32 Å². The third-order valence-corrected chi connectivity index (χ3v) is 2.57. The summed E-state index contributed by atoms with van der Waals surface area (Å²) in [7, 11) is 0. The monoisotopic (exact) mass is 224 g/mol. The summed E-state index contributed by atoms with van der Waals surface area (Å²) in [5, 5.41) is 4.38. The van der Waals surface area contributed by atoms with Crippen molar-refractivity contribution in [2.75, 3.05) is 6.54 Å². The normalized spacial score (nSPS) is 20.0. The lowest BCUT2D eigenvalue weighted by molar-refractivity contribution is -0.122. The molecule has 0 aromatic carbocycles. The molecule has 0 aromatic heterocycles. The fourth-order valence-corrected chi connectivity index (χ4v) is 1.78. The quantitative estimate of drug-likeness (QED) is 0.741. The number of hydrogen-bond acceptors (Lipinski definition) is 1. The van der Waals surface area contributed by atoms with Crippen molar-refractivity contribution in [3.8, 4) is 0 Å². The highest BCUT2D eigenvalue weighted by molar-refractivity contribution is 5.74. The zero-order valence-electron chi connectivity index (χ0n) is 8.58. The molecule has 2 amide bonds. The van der Waals surface area contributed by atoms with Gasteiger partial charge in [-0.15, -0.1) is 0 Å². The first kappa shape index (κ1) is 12.1. The van der Waals surface area contributed by atoms with E-state index < -0.39 is 18.8 Å². The third-order valence-electron chi connectivity index (χ3n) is 2.57. The van der Waals surface area contributed by atoms with Crippen molar-refractivity contribution in [3.05, 3.63) is 0 Å². The summed E-state index contributed by atoms with van der Waals surface area (Å²) in [6.45, 7) is 0.572. The number of amides is 2. The first-order chi connectivity index (χ1) is 6.81. The van der Waals surface area contributed by atoms with Crippen LogP contribution in [0.3, 0.4) is 0 Å². The Morgan fingerprint density at radius 2 is 1.87 bits per heavy atom. The Kier molecular flexibility index (Phi) is 3.46. The van der Waals surface area contributed by atoms with E-state index >= 15 is 0 Å². The third kappa shape index (κ3) is 4.40. The Balaban J connectivity index is 2.30. The lowest BCUT2D eigenvalue weighted by atomic mass is 10.0. The van der Waals surface area contributed by atoms with E-state index in [1.165, 1.54) is 0 Å². The van der Waals surface area contributed by atoms with Crippen LogP contribution in [0.5, 0.6) is 0 Å². The number of carbonyl (C=O) groups is 1. The largest absolute Gasteiger partial charge is 0.405 e. The molecule has 1 rings (SSSR count). The molecule has 0 aliphatic heterocycles. The summed E-state index contributed by atoms with van der Waals surface area (Å²) in [6, 6.07) is -0.739. The maximum absolute atomic E-state index is 11.8. The van der Waals surface area contributed by atoms with Gasteiger partial charge in [-0.25, -0.2) is 4.79 Å². The van der Waals surface area contributed by atoms with E-state index in [4.69, 9.17) is 0 Å². The zero-order chi connectivity index (χ0) is 11.5. The van der Waals surface area contributed by atoms with Gasteiger partial charge in [-0.1, -0.05) is 12.8 Å². The highest BCUT2D eigenvalue weighted by atomic mass is 19.4. The molecule has 1 saturated carbocycles. The minimum absolute atomic E-state index is 0.338. The fraction of sp³-hybridized carbons (Fsp3) is 0.889. The minimum Gasteiger partial charge on any atom is -0.333 e. The molecule has 0 bridgehead atoms. The van der Waals surface area contributed by atoms with Gasteiger partial charge in [0.2, 0.25) is 0 Å². The van der Waals surface area contributed by atoms with E-state index in [9.17, 15) is 18.0 Å². The number of rotatable bonds is 2. The van der Waals surface area contributed by atoms with Crippen LogP contribution in [-0.2, 0) is 0 Å². The molecule has 0 aromatic rings. The number of hydrogen-bond donors (Lipinski definition) is 2. The van der Waals surface area contributed by atoms with Gasteiger partial charge in [0.1, 0.15) is 6.54 Å². The Bertz CT molecular complexity index is 234. The summed E-state index contributed by atoms with van der Waals surface area (Å²) in [6.07, 6.45) is -0.682. The van der Waals surface area contributed by atoms with Gasteiger partial charge in [0.15, 0.2) is 0 Å². The van der Waals surface area contributed by atoms with Crippen LogP contribution in [0.2, 0.25) is 0 Å². The number of alkyl halides is 3. The van der Waals surface area contributed by atoms with Crippen LogP contribution < -0.4 is 10.6 Å². The van der Waals surface area contributed by atoms with Crippen molar-refractivity contribution < 1.29 is 18.0 Å². The molecule has 0 radical (unpaired) electrons. The first-order valence-corrected chi connectivity index (χ1v) is 4.94. The van der Waals surface area contributed by atoms with Gasteiger partial charge in [-0.2, -0.15) is 13.2 Å².